The lowest BCUT2D eigenvalue weighted by Crippen LogP contribution is -2.04. The molecule has 1 aromatic heterocycles. The summed E-state index contributed by atoms with van der Waals surface area (Å²) in [5, 5.41) is 0. The molecule has 3 nitrogen and oxygen atoms in total. The van der Waals surface area contributed by atoms with Crippen molar-refractivity contribution >= 4 is 5.97 Å². The van der Waals surface area contributed by atoms with Gasteiger partial charge in [-0.1, -0.05) is 50.3 Å². The van der Waals surface area contributed by atoms with Crippen LogP contribution in [0.3, 0.4) is 0 Å². The van der Waals surface area contributed by atoms with Gasteiger partial charge in [-0.15, -0.1) is 0 Å². The summed E-state index contributed by atoms with van der Waals surface area (Å²) in [4.78, 5) is 15.7. The molecule has 0 amide bonds. The first-order valence-electron chi connectivity index (χ1n) is 10.1. The maximum absolute atomic E-state index is 11.9. The molecule has 146 valence electrons. The molecular formula is C22H34FNO2. The molecule has 0 aliphatic heterocycles. The first-order valence-corrected chi connectivity index (χ1v) is 10.1. The van der Waals surface area contributed by atoms with Crippen LogP contribution < -0.4 is 0 Å². The number of unbranched alkanes of at least 4 members (excludes halogenated alkanes) is 9. The predicted octanol–water partition coefficient (Wildman–Crippen LogP) is 6.33. The highest BCUT2D eigenvalue weighted by molar-refractivity contribution is 5.69. The summed E-state index contributed by atoms with van der Waals surface area (Å²) in [7, 11) is 0. The van der Waals surface area contributed by atoms with E-state index in [1.54, 1.807) is 12.4 Å². The fourth-order valence-corrected chi connectivity index (χ4v) is 2.73. The highest BCUT2D eigenvalue weighted by Crippen LogP contribution is 2.10. The van der Waals surface area contributed by atoms with Gasteiger partial charge in [0.1, 0.15) is 6.61 Å². The summed E-state index contributed by atoms with van der Waals surface area (Å²) in [5.74, 6) is -0.122. The van der Waals surface area contributed by atoms with Crippen molar-refractivity contribution in [2.75, 3.05) is 6.67 Å². The van der Waals surface area contributed by atoms with Gasteiger partial charge in [0.15, 0.2) is 0 Å². The average Bonchev–Trinajstić information content (AvgIpc) is 2.67. The maximum Gasteiger partial charge on any atom is 0.306 e. The Morgan fingerprint density at radius 3 is 2.27 bits per heavy atom. The van der Waals surface area contributed by atoms with E-state index >= 15 is 0 Å². The van der Waals surface area contributed by atoms with Gasteiger partial charge in [-0.05, 0) is 44.6 Å². The first kappa shape index (κ1) is 22.3. The Balaban J connectivity index is 1.83. The van der Waals surface area contributed by atoms with Crippen molar-refractivity contribution in [3.63, 3.8) is 0 Å². The quantitative estimate of drug-likeness (QED) is 0.196. The summed E-state index contributed by atoms with van der Waals surface area (Å²) in [6.45, 7) is 0.136. The number of pyridine rings is 1. The third-order valence-electron chi connectivity index (χ3n) is 4.30. The van der Waals surface area contributed by atoms with Gasteiger partial charge in [0, 0.05) is 24.4 Å². The van der Waals surface area contributed by atoms with E-state index < -0.39 is 0 Å². The number of esters is 1. The summed E-state index contributed by atoms with van der Waals surface area (Å²) >= 11 is 0. The minimum absolute atomic E-state index is 0.122. The minimum Gasteiger partial charge on any atom is -0.461 e. The van der Waals surface area contributed by atoms with Crippen LogP contribution in [0.5, 0.6) is 0 Å². The Labute approximate surface area is 158 Å². The Morgan fingerprint density at radius 1 is 0.962 bits per heavy atom. The van der Waals surface area contributed by atoms with E-state index in [2.05, 4.69) is 17.1 Å². The molecule has 0 aliphatic rings. The molecule has 1 rings (SSSR count). The molecule has 26 heavy (non-hydrogen) atoms. The van der Waals surface area contributed by atoms with Gasteiger partial charge in [0.25, 0.3) is 0 Å². The van der Waals surface area contributed by atoms with Crippen molar-refractivity contribution in [2.45, 2.75) is 83.7 Å². The van der Waals surface area contributed by atoms with Crippen molar-refractivity contribution in [2.24, 2.45) is 0 Å². The highest BCUT2D eigenvalue weighted by atomic mass is 19.1. The minimum atomic E-state index is -0.178. The van der Waals surface area contributed by atoms with Crippen molar-refractivity contribution < 1.29 is 13.9 Å². The molecule has 1 aromatic rings. The van der Waals surface area contributed by atoms with Gasteiger partial charge in [-0.2, -0.15) is 0 Å². The summed E-state index contributed by atoms with van der Waals surface area (Å²) in [6, 6.07) is 3.74. The summed E-state index contributed by atoms with van der Waals surface area (Å²) in [6.07, 6.45) is 20.3. The van der Waals surface area contributed by atoms with Gasteiger partial charge in [-0.25, -0.2) is 0 Å². The zero-order chi connectivity index (χ0) is 18.7. The third kappa shape index (κ3) is 13.6. The number of alkyl halides is 1. The standard InChI is InChI=1S/C22H34FNO2/c23-17-13-11-9-7-5-3-1-2-4-6-8-10-12-16-22(25)26-20-21-15-14-18-24-19-21/h1,3,14-15,18-19H,2,4-13,16-17,20H2/b3-1-. The number of carbonyl (C=O) groups is 1. The van der Waals surface area contributed by atoms with Crippen molar-refractivity contribution in [1.82, 2.24) is 4.98 Å². The molecule has 0 fully saturated rings. The number of ether oxygens (including phenoxy) is 1. The lowest BCUT2D eigenvalue weighted by Gasteiger charge is -2.04. The van der Waals surface area contributed by atoms with Crippen molar-refractivity contribution in [3.05, 3.63) is 42.2 Å². The zero-order valence-electron chi connectivity index (χ0n) is 16.0. The van der Waals surface area contributed by atoms with Crippen molar-refractivity contribution in [1.29, 1.82) is 0 Å². The molecule has 0 unspecified atom stereocenters. The Kier molecular flexibility index (Phi) is 14.4. The third-order valence-corrected chi connectivity index (χ3v) is 4.30. The van der Waals surface area contributed by atoms with Gasteiger partial charge in [0.05, 0.1) is 6.67 Å². The van der Waals surface area contributed by atoms with Crippen LogP contribution in [0.4, 0.5) is 4.39 Å². The van der Waals surface area contributed by atoms with E-state index in [0.717, 1.165) is 44.1 Å². The number of carbonyl (C=O) groups excluding carboxylic acids is 1. The van der Waals surface area contributed by atoms with Crippen LogP contribution in [0, 0.1) is 0 Å². The topological polar surface area (TPSA) is 39.2 Å². The summed E-state index contributed by atoms with van der Waals surface area (Å²) < 4.78 is 17.2. The average molecular weight is 364 g/mol. The van der Waals surface area contributed by atoms with Crippen LogP contribution in [-0.2, 0) is 16.1 Å². The molecule has 0 bridgehead atoms. The molecule has 0 atom stereocenters. The van der Waals surface area contributed by atoms with Gasteiger partial charge >= 0.3 is 5.97 Å². The second kappa shape index (κ2) is 16.7. The highest BCUT2D eigenvalue weighted by Gasteiger charge is 2.03. The largest absolute Gasteiger partial charge is 0.461 e. The molecule has 0 N–H and O–H groups in total. The second-order valence-corrected chi connectivity index (χ2v) is 6.69. The van der Waals surface area contributed by atoms with Crippen molar-refractivity contribution in [3.8, 4) is 0 Å². The molecule has 1 heterocycles. The number of aromatic nitrogens is 1. The Bertz CT molecular complexity index is 476. The number of nitrogens with zero attached hydrogens (tertiary/aromatic N) is 1. The van der Waals surface area contributed by atoms with E-state index in [-0.39, 0.29) is 12.6 Å². The SMILES string of the molecule is O=C(CCCCCCC/C=C\CCCCCCF)OCc1cccnc1. The lowest BCUT2D eigenvalue weighted by molar-refractivity contribution is -0.145. The van der Waals surface area contributed by atoms with E-state index in [1.807, 2.05) is 12.1 Å². The lowest BCUT2D eigenvalue weighted by atomic mass is 10.1. The van der Waals surface area contributed by atoms with Crippen LogP contribution >= 0.6 is 0 Å². The van der Waals surface area contributed by atoms with Crippen LogP contribution in [0.25, 0.3) is 0 Å². The molecule has 0 saturated carbocycles. The molecule has 0 aliphatic carbocycles. The van der Waals surface area contributed by atoms with Gasteiger partial charge < -0.3 is 4.74 Å². The molecular weight excluding hydrogens is 329 g/mol. The van der Waals surface area contributed by atoms with E-state index in [1.165, 1.54) is 25.7 Å². The summed E-state index contributed by atoms with van der Waals surface area (Å²) in [5.41, 5.74) is 0.925. The molecule has 0 saturated heterocycles. The molecule has 4 heteroatoms. The van der Waals surface area contributed by atoms with Crippen LogP contribution in [-0.4, -0.2) is 17.6 Å². The number of hydrogen-bond donors (Lipinski definition) is 0. The van der Waals surface area contributed by atoms with Gasteiger partial charge in [0.2, 0.25) is 0 Å². The predicted molar refractivity (Wildman–Crippen MR) is 105 cm³/mol. The monoisotopic (exact) mass is 363 g/mol. The number of allylic oxidation sites excluding steroid dienone is 2. The maximum atomic E-state index is 11.9. The van der Waals surface area contributed by atoms with Crippen LogP contribution in [0.1, 0.15) is 82.6 Å². The Morgan fingerprint density at radius 2 is 1.62 bits per heavy atom. The smallest absolute Gasteiger partial charge is 0.306 e. The molecule has 0 radical (unpaired) electrons. The van der Waals surface area contributed by atoms with Crippen LogP contribution in [0.15, 0.2) is 36.7 Å². The zero-order valence-corrected chi connectivity index (χ0v) is 16.0. The Hall–Kier alpha value is -1.71. The number of hydrogen-bond acceptors (Lipinski definition) is 3. The fraction of sp³-hybridized carbons (Fsp3) is 0.636. The fourth-order valence-electron chi connectivity index (χ4n) is 2.73. The molecule has 0 spiro atoms. The molecule has 0 aromatic carbocycles. The van der Waals surface area contributed by atoms with Gasteiger partial charge in [-0.3, -0.25) is 14.2 Å². The van der Waals surface area contributed by atoms with E-state index in [4.69, 9.17) is 4.74 Å². The second-order valence-electron chi connectivity index (χ2n) is 6.69. The number of rotatable bonds is 16. The normalized spacial score (nSPS) is 11.1. The first-order chi connectivity index (χ1) is 12.8. The number of halogens is 1. The van der Waals surface area contributed by atoms with Crippen LogP contribution in [0.2, 0.25) is 0 Å². The van der Waals surface area contributed by atoms with E-state index in [9.17, 15) is 9.18 Å². The van der Waals surface area contributed by atoms with E-state index in [0.29, 0.717) is 19.4 Å².